The van der Waals surface area contributed by atoms with E-state index in [1.807, 2.05) is 13.8 Å². The van der Waals surface area contributed by atoms with Gasteiger partial charge in [0.1, 0.15) is 11.4 Å². The maximum atomic E-state index is 13.8. The largest absolute Gasteiger partial charge is 0.386 e. The summed E-state index contributed by atoms with van der Waals surface area (Å²) in [4.78, 5) is 26.4. The highest BCUT2D eigenvalue weighted by Crippen LogP contribution is 2.42. The van der Waals surface area contributed by atoms with Crippen LogP contribution in [0.3, 0.4) is 0 Å². The van der Waals surface area contributed by atoms with Crippen LogP contribution in [0.5, 0.6) is 0 Å². The van der Waals surface area contributed by atoms with Crippen LogP contribution < -0.4 is 5.32 Å². The molecule has 2 fully saturated rings. The van der Waals surface area contributed by atoms with Crippen LogP contribution in [0, 0.1) is 17.7 Å². The van der Waals surface area contributed by atoms with E-state index in [2.05, 4.69) is 5.32 Å². The summed E-state index contributed by atoms with van der Waals surface area (Å²) >= 11 is 0. The first kappa shape index (κ1) is 16.9. The molecule has 0 aromatic heterocycles. The SMILES string of the molecule is C[C@@H]1CCC[C@@H](C)C12NC(=O)N(C[C@H](O)c1ccccc1F)C2=O. The molecule has 3 atom stereocenters. The number of carbonyl (C=O) groups is 2. The van der Waals surface area contributed by atoms with Gasteiger partial charge < -0.3 is 10.4 Å². The van der Waals surface area contributed by atoms with Crippen molar-refractivity contribution in [1.82, 2.24) is 10.2 Å². The lowest BCUT2D eigenvalue weighted by Gasteiger charge is -2.42. The van der Waals surface area contributed by atoms with E-state index < -0.39 is 23.5 Å². The molecule has 2 N–H and O–H groups in total. The molecule has 1 aliphatic carbocycles. The maximum absolute atomic E-state index is 13.8. The number of benzene rings is 1. The Kier molecular flexibility index (Phi) is 4.34. The van der Waals surface area contributed by atoms with E-state index >= 15 is 0 Å². The molecule has 130 valence electrons. The molecule has 6 heteroatoms. The molecule has 3 rings (SSSR count). The third-order valence-electron chi connectivity index (χ3n) is 5.61. The monoisotopic (exact) mass is 334 g/mol. The van der Waals surface area contributed by atoms with Crippen LogP contribution in [0.1, 0.15) is 44.8 Å². The van der Waals surface area contributed by atoms with Crippen molar-refractivity contribution in [3.05, 3.63) is 35.6 Å². The Morgan fingerprint density at radius 1 is 1.29 bits per heavy atom. The molecule has 1 heterocycles. The minimum Gasteiger partial charge on any atom is -0.386 e. The Morgan fingerprint density at radius 3 is 2.54 bits per heavy atom. The van der Waals surface area contributed by atoms with Gasteiger partial charge in [-0.25, -0.2) is 9.18 Å². The lowest BCUT2D eigenvalue weighted by atomic mass is 9.67. The smallest absolute Gasteiger partial charge is 0.325 e. The second-order valence-corrected chi connectivity index (χ2v) is 6.99. The molecule has 1 aromatic carbocycles. The number of aliphatic hydroxyl groups is 1. The summed E-state index contributed by atoms with van der Waals surface area (Å²) in [6, 6.07) is 5.34. The van der Waals surface area contributed by atoms with Gasteiger partial charge in [0.15, 0.2) is 0 Å². The van der Waals surface area contributed by atoms with E-state index in [0.717, 1.165) is 24.2 Å². The van der Waals surface area contributed by atoms with Crippen molar-refractivity contribution in [3.8, 4) is 0 Å². The summed E-state index contributed by atoms with van der Waals surface area (Å²) in [5, 5.41) is 13.2. The zero-order valence-electron chi connectivity index (χ0n) is 14.0. The summed E-state index contributed by atoms with van der Waals surface area (Å²) in [7, 11) is 0. The van der Waals surface area contributed by atoms with Crippen molar-refractivity contribution in [2.75, 3.05) is 6.54 Å². The van der Waals surface area contributed by atoms with Gasteiger partial charge in [0.2, 0.25) is 0 Å². The van der Waals surface area contributed by atoms with Crippen molar-refractivity contribution >= 4 is 11.9 Å². The molecule has 2 aliphatic rings. The van der Waals surface area contributed by atoms with Gasteiger partial charge >= 0.3 is 6.03 Å². The molecule has 0 radical (unpaired) electrons. The van der Waals surface area contributed by atoms with Crippen LogP contribution in [-0.2, 0) is 4.79 Å². The molecular weight excluding hydrogens is 311 g/mol. The quantitative estimate of drug-likeness (QED) is 0.835. The third-order valence-corrected chi connectivity index (χ3v) is 5.61. The van der Waals surface area contributed by atoms with Crippen LogP contribution in [0.2, 0.25) is 0 Å². The van der Waals surface area contributed by atoms with Crippen molar-refractivity contribution in [3.63, 3.8) is 0 Å². The van der Waals surface area contributed by atoms with E-state index in [4.69, 9.17) is 0 Å². The molecule has 0 bridgehead atoms. The lowest BCUT2D eigenvalue weighted by Crippen LogP contribution is -2.58. The average molecular weight is 334 g/mol. The van der Waals surface area contributed by atoms with Crippen molar-refractivity contribution in [1.29, 1.82) is 0 Å². The van der Waals surface area contributed by atoms with Gasteiger partial charge in [-0.15, -0.1) is 0 Å². The number of urea groups is 1. The van der Waals surface area contributed by atoms with Gasteiger partial charge in [0.25, 0.3) is 5.91 Å². The highest BCUT2D eigenvalue weighted by molar-refractivity contribution is 6.07. The maximum Gasteiger partial charge on any atom is 0.325 e. The lowest BCUT2D eigenvalue weighted by molar-refractivity contribution is -0.137. The molecule has 1 aliphatic heterocycles. The summed E-state index contributed by atoms with van der Waals surface area (Å²) in [5.74, 6) is -0.782. The standard InChI is InChI=1S/C18H23FN2O3/c1-11-6-5-7-12(2)18(11)16(23)21(17(24)20-18)10-15(22)13-8-3-4-9-14(13)19/h3-4,8-9,11-12,15,22H,5-7,10H2,1-2H3,(H,20,24)/t11-,12-,15+/m1/s1. The van der Waals surface area contributed by atoms with Gasteiger partial charge in [-0.3, -0.25) is 9.69 Å². The zero-order valence-corrected chi connectivity index (χ0v) is 14.0. The van der Waals surface area contributed by atoms with Crippen molar-refractivity contribution < 1.29 is 19.1 Å². The van der Waals surface area contributed by atoms with Crippen LogP contribution in [0.15, 0.2) is 24.3 Å². The third kappa shape index (κ3) is 2.49. The Labute approximate surface area is 140 Å². The Balaban J connectivity index is 1.84. The predicted octanol–water partition coefficient (Wildman–Crippen LogP) is 2.61. The topological polar surface area (TPSA) is 69.6 Å². The highest BCUT2D eigenvalue weighted by Gasteiger charge is 2.58. The van der Waals surface area contributed by atoms with Crippen LogP contribution in [0.25, 0.3) is 0 Å². The van der Waals surface area contributed by atoms with E-state index in [1.165, 1.54) is 18.2 Å². The summed E-state index contributed by atoms with van der Waals surface area (Å²) < 4.78 is 13.8. The Hall–Kier alpha value is -1.95. The van der Waals surface area contributed by atoms with E-state index in [9.17, 15) is 19.1 Å². The van der Waals surface area contributed by atoms with Crippen LogP contribution in [-0.4, -0.2) is 34.0 Å². The number of carbonyl (C=O) groups excluding carboxylic acids is 2. The number of aliphatic hydroxyl groups excluding tert-OH is 1. The fourth-order valence-corrected chi connectivity index (χ4v) is 4.14. The van der Waals surface area contributed by atoms with Crippen molar-refractivity contribution in [2.24, 2.45) is 11.8 Å². The molecular formula is C18H23FN2O3. The van der Waals surface area contributed by atoms with Crippen LogP contribution >= 0.6 is 0 Å². The minimum absolute atomic E-state index is 0.0355. The average Bonchev–Trinajstić information content (AvgIpc) is 2.79. The van der Waals surface area contributed by atoms with E-state index in [-0.39, 0.29) is 29.9 Å². The van der Waals surface area contributed by atoms with Gasteiger partial charge in [0.05, 0.1) is 12.6 Å². The van der Waals surface area contributed by atoms with Gasteiger partial charge in [-0.2, -0.15) is 0 Å². The number of hydrogen-bond acceptors (Lipinski definition) is 3. The summed E-state index contributed by atoms with van der Waals surface area (Å²) in [6.45, 7) is 3.71. The normalized spacial score (nSPS) is 27.4. The zero-order chi connectivity index (χ0) is 17.5. The molecule has 24 heavy (non-hydrogen) atoms. The van der Waals surface area contributed by atoms with Crippen molar-refractivity contribution in [2.45, 2.75) is 44.8 Å². The molecule has 1 aromatic rings. The second kappa shape index (κ2) is 6.16. The molecule has 0 unspecified atom stereocenters. The molecule has 1 saturated carbocycles. The van der Waals surface area contributed by atoms with Gasteiger partial charge in [-0.1, -0.05) is 38.5 Å². The first-order valence-electron chi connectivity index (χ1n) is 8.44. The second-order valence-electron chi connectivity index (χ2n) is 6.99. The Morgan fingerprint density at radius 2 is 1.92 bits per heavy atom. The number of hydrogen-bond donors (Lipinski definition) is 2. The summed E-state index contributed by atoms with van der Waals surface area (Å²) in [5.41, 5.74) is -0.812. The first-order chi connectivity index (χ1) is 11.4. The highest BCUT2D eigenvalue weighted by atomic mass is 19.1. The van der Waals surface area contributed by atoms with Crippen LogP contribution in [0.4, 0.5) is 9.18 Å². The molecule has 5 nitrogen and oxygen atoms in total. The first-order valence-corrected chi connectivity index (χ1v) is 8.44. The fourth-order valence-electron chi connectivity index (χ4n) is 4.14. The molecule has 1 spiro atoms. The number of rotatable bonds is 3. The minimum atomic E-state index is -1.25. The van der Waals surface area contributed by atoms with Gasteiger partial charge in [0, 0.05) is 5.56 Å². The van der Waals surface area contributed by atoms with Gasteiger partial charge in [-0.05, 0) is 30.7 Å². The molecule has 3 amide bonds. The fraction of sp³-hybridized carbons (Fsp3) is 0.556. The number of nitrogens with zero attached hydrogens (tertiary/aromatic N) is 1. The summed E-state index contributed by atoms with van der Waals surface area (Å²) in [6.07, 6.45) is 1.54. The number of β-amino-alcohol motifs (C(OH)–C–C–N with tert-alkyl or cyclic N) is 1. The predicted molar refractivity (Wildman–Crippen MR) is 86.5 cm³/mol. The number of imide groups is 1. The van der Waals surface area contributed by atoms with E-state index in [0.29, 0.717) is 0 Å². The number of halogens is 1. The van der Waals surface area contributed by atoms with E-state index in [1.54, 1.807) is 6.07 Å². The number of amides is 3. The molecule has 1 saturated heterocycles. The Bertz CT molecular complexity index is 653. The number of nitrogens with one attached hydrogen (secondary N) is 1.